The van der Waals surface area contributed by atoms with Crippen LogP contribution in [0.3, 0.4) is 0 Å². The van der Waals surface area contributed by atoms with Gasteiger partial charge in [-0.15, -0.1) is 0 Å². The molecule has 0 N–H and O–H groups in total. The van der Waals surface area contributed by atoms with E-state index >= 15 is 0 Å². The summed E-state index contributed by atoms with van der Waals surface area (Å²) in [5.74, 6) is -0.483. The van der Waals surface area contributed by atoms with E-state index in [1.165, 1.54) is 5.06 Å². The van der Waals surface area contributed by atoms with Gasteiger partial charge in [0.1, 0.15) is 5.22 Å². The largest absolute Gasteiger partial charge is 0.368 e. The fourth-order valence-corrected chi connectivity index (χ4v) is 2.66. The summed E-state index contributed by atoms with van der Waals surface area (Å²) in [4.78, 5) is 28.4. The van der Waals surface area contributed by atoms with Crippen LogP contribution in [0, 0.1) is 0 Å². The van der Waals surface area contributed by atoms with Crippen LogP contribution in [-0.2, 0) is 19.2 Å². The van der Waals surface area contributed by atoms with Gasteiger partial charge in [-0.3, -0.25) is 4.79 Å². The standard InChI is InChI=1S/C10H17NO4Si/c12-8-4-3-6-11(8)15-9(13)10(16)5-1-2-7-14-10/h1-7H2,16H3. The zero-order valence-corrected chi connectivity index (χ0v) is 11.5. The summed E-state index contributed by atoms with van der Waals surface area (Å²) in [6.07, 6.45) is 3.95. The molecule has 0 bridgehead atoms. The van der Waals surface area contributed by atoms with Gasteiger partial charge in [-0.05, 0) is 25.7 Å². The summed E-state index contributed by atoms with van der Waals surface area (Å²) in [6, 6.07) is 0. The highest BCUT2D eigenvalue weighted by Crippen LogP contribution is 2.24. The Hall–Kier alpha value is -0.883. The van der Waals surface area contributed by atoms with E-state index in [1.54, 1.807) is 0 Å². The first-order valence-electron chi connectivity index (χ1n) is 5.78. The molecule has 2 rings (SSSR count). The minimum absolute atomic E-state index is 0.102. The summed E-state index contributed by atoms with van der Waals surface area (Å²) in [6.45, 7) is 1.13. The molecule has 0 aromatic heterocycles. The second kappa shape index (κ2) is 4.55. The SMILES string of the molecule is O=C1CCCN1OC(=O)C1([SiH3])CCCCO1. The fraction of sp³-hybridized carbons (Fsp3) is 0.800. The topological polar surface area (TPSA) is 55.8 Å². The lowest BCUT2D eigenvalue weighted by Gasteiger charge is -2.32. The van der Waals surface area contributed by atoms with E-state index in [9.17, 15) is 9.59 Å². The molecular formula is C10H17NO4Si. The van der Waals surface area contributed by atoms with Crippen LogP contribution in [0.1, 0.15) is 32.1 Å². The minimum Gasteiger partial charge on any atom is -0.368 e. The highest BCUT2D eigenvalue weighted by molar-refractivity contribution is 6.26. The molecule has 0 saturated carbocycles. The van der Waals surface area contributed by atoms with Crippen molar-refractivity contribution in [2.24, 2.45) is 0 Å². The van der Waals surface area contributed by atoms with Gasteiger partial charge in [0.2, 0.25) is 0 Å². The molecule has 0 radical (unpaired) electrons. The van der Waals surface area contributed by atoms with Gasteiger partial charge in [0.15, 0.2) is 0 Å². The van der Waals surface area contributed by atoms with Crippen LogP contribution in [0.25, 0.3) is 0 Å². The zero-order chi connectivity index (χ0) is 11.6. The van der Waals surface area contributed by atoms with E-state index in [-0.39, 0.29) is 11.9 Å². The fourth-order valence-electron chi connectivity index (χ4n) is 2.01. The molecule has 2 aliphatic heterocycles. The number of nitrogens with zero attached hydrogens (tertiary/aromatic N) is 1. The maximum absolute atomic E-state index is 11.9. The molecule has 2 fully saturated rings. The summed E-state index contributed by atoms with van der Waals surface area (Å²) >= 11 is 0. The number of hydrogen-bond acceptors (Lipinski definition) is 4. The van der Waals surface area contributed by atoms with Crippen LogP contribution in [0.5, 0.6) is 0 Å². The van der Waals surface area contributed by atoms with E-state index in [1.807, 2.05) is 0 Å². The van der Waals surface area contributed by atoms with Gasteiger partial charge >= 0.3 is 5.97 Å². The molecule has 2 saturated heterocycles. The van der Waals surface area contributed by atoms with E-state index < -0.39 is 5.22 Å². The third kappa shape index (κ3) is 2.27. The minimum atomic E-state index is -0.735. The van der Waals surface area contributed by atoms with Crippen LogP contribution in [0.4, 0.5) is 0 Å². The number of hydrogen-bond donors (Lipinski definition) is 0. The molecule has 0 aromatic carbocycles. The lowest BCUT2D eigenvalue weighted by molar-refractivity contribution is -0.208. The molecule has 1 atom stereocenters. The van der Waals surface area contributed by atoms with Gasteiger partial charge in [0.05, 0.1) is 16.8 Å². The third-order valence-corrected chi connectivity index (χ3v) is 4.32. The lowest BCUT2D eigenvalue weighted by atomic mass is 10.1. The molecule has 0 aromatic rings. The molecule has 0 spiro atoms. The van der Waals surface area contributed by atoms with Crippen molar-refractivity contribution in [2.75, 3.05) is 13.2 Å². The van der Waals surface area contributed by atoms with Crippen molar-refractivity contribution >= 4 is 22.1 Å². The summed E-state index contributed by atoms with van der Waals surface area (Å²) in [5.41, 5.74) is 0. The summed E-state index contributed by atoms with van der Waals surface area (Å²) in [7, 11) is 0.603. The number of amides is 1. The van der Waals surface area contributed by atoms with Crippen LogP contribution in [0.15, 0.2) is 0 Å². The van der Waals surface area contributed by atoms with Crippen molar-refractivity contribution in [2.45, 2.75) is 37.3 Å². The molecule has 2 aliphatic rings. The molecule has 90 valence electrons. The van der Waals surface area contributed by atoms with Gasteiger partial charge < -0.3 is 9.57 Å². The highest BCUT2D eigenvalue weighted by Gasteiger charge is 2.40. The average molecular weight is 243 g/mol. The van der Waals surface area contributed by atoms with Gasteiger partial charge in [-0.1, -0.05) is 0 Å². The van der Waals surface area contributed by atoms with Gasteiger partial charge in [-0.25, -0.2) is 4.79 Å². The lowest BCUT2D eigenvalue weighted by Crippen LogP contribution is -2.48. The Morgan fingerprint density at radius 2 is 2.25 bits per heavy atom. The Balaban J connectivity index is 1.93. The second-order valence-electron chi connectivity index (χ2n) is 4.51. The smallest absolute Gasteiger partial charge is 0.359 e. The van der Waals surface area contributed by atoms with Crippen molar-refractivity contribution in [3.05, 3.63) is 0 Å². The van der Waals surface area contributed by atoms with E-state index in [4.69, 9.17) is 9.57 Å². The van der Waals surface area contributed by atoms with Crippen LogP contribution in [0.2, 0.25) is 0 Å². The van der Waals surface area contributed by atoms with Gasteiger partial charge in [0.25, 0.3) is 5.91 Å². The predicted molar refractivity (Wildman–Crippen MR) is 59.5 cm³/mol. The maximum Gasteiger partial charge on any atom is 0.359 e. The van der Waals surface area contributed by atoms with Crippen molar-refractivity contribution in [1.29, 1.82) is 0 Å². The molecule has 1 unspecified atom stereocenters. The first-order chi connectivity index (χ1) is 7.62. The Morgan fingerprint density at radius 3 is 2.81 bits per heavy atom. The molecular weight excluding hydrogens is 226 g/mol. The van der Waals surface area contributed by atoms with Gasteiger partial charge in [-0.2, -0.15) is 5.06 Å². The molecule has 16 heavy (non-hydrogen) atoms. The van der Waals surface area contributed by atoms with Gasteiger partial charge in [0, 0.05) is 13.0 Å². The monoisotopic (exact) mass is 243 g/mol. The Bertz CT molecular complexity index is 301. The predicted octanol–water partition coefficient (Wildman–Crippen LogP) is -0.671. The number of ether oxygens (including phenoxy) is 1. The van der Waals surface area contributed by atoms with Crippen molar-refractivity contribution in [3.63, 3.8) is 0 Å². The quantitative estimate of drug-likeness (QED) is 0.604. The normalized spacial score (nSPS) is 30.8. The first kappa shape index (κ1) is 11.6. The van der Waals surface area contributed by atoms with E-state index in [0.717, 1.165) is 25.7 Å². The average Bonchev–Trinajstić information content (AvgIpc) is 2.65. The Labute approximate surface area is 97.4 Å². The van der Waals surface area contributed by atoms with Crippen LogP contribution < -0.4 is 0 Å². The van der Waals surface area contributed by atoms with Crippen LogP contribution >= 0.6 is 0 Å². The summed E-state index contributed by atoms with van der Waals surface area (Å²) < 4.78 is 5.52. The Kier molecular flexibility index (Phi) is 3.29. The zero-order valence-electron chi connectivity index (χ0n) is 9.53. The van der Waals surface area contributed by atoms with Crippen molar-refractivity contribution in [3.8, 4) is 0 Å². The molecule has 6 heteroatoms. The van der Waals surface area contributed by atoms with Crippen LogP contribution in [-0.4, -0.2) is 45.6 Å². The van der Waals surface area contributed by atoms with Crippen molar-refractivity contribution in [1.82, 2.24) is 5.06 Å². The number of hydroxylamine groups is 2. The maximum atomic E-state index is 11.9. The first-order valence-corrected chi connectivity index (χ1v) is 6.78. The van der Waals surface area contributed by atoms with Crippen molar-refractivity contribution < 1.29 is 19.2 Å². The summed E-state index contributed by atoms with van der Waals surface area (Å²) in [5, 5.41) is 0.446. The van der Waals surface area contributed by atoms with E-state index in [2.05, 4.69) is 0 Å². The third-order valence-electron chi connectivity index (χ3n) is 3.12. The molecule has 2 heterocycles. The van der Waals surface area contributed by atoms with E-state index in [0.29, 0.717) is 29.8 Å². The number of carbonyl (C=O) groups excluding carboxylic acids is 2. The highest BCUT2D eigenvalue weighted by atomic mass is 28.1. The number of rotatable bonds is 2. The molecule has 0 aliphatic carbocycles. The molecule has 1 amide bonds. The Morgan fingerprint density at radius 1 is 1.44 bits per heavy atom. The second-order valence-corrected chi connectivity index (χ2v) is 6.13. The number of carbonyl (C=O) groups is 2. The molecule has 5 nitrogen and oxygen atoms in total.